The molecule has 0 bridgehead atoms. The summed E-state index contributed by atoms with van der Waals surface area (Å²) in [6.07, 6.45) is 4.90. The molecule has 0 radical (unpaired) electrons. The van der Waals surface area contributed by atoms with E-state index in [-0.39, 0.29) is 12.2 Å². The molecule has 1 fully saturated rings. The Balaban J connectivity index is 1.60. The Bertz CT molecular complexity index is 823. The zero-order valence-corrected chi connectivity index (χ0v) is 18.2. The Labute approximate surface area is 173 Å². The van der Waals surface area contributed by atoms with Crippen LogP contribution < -0.4 is 9.47 Å². The number of benzene rings is 1. The summed E-state index contributed by atoms with van der Waals surface area (Å²) in [5.41, 5.74) is 0.404. The van der Waals surface area contributed by atoms with Gasteiger partial charge in [-0.05, 0) is 48.8 Å². The fourth-order valence-electron chi connectivity index (χ4n) is 3.05. The average Bonchev–Trinajstić information content (AvgIpc) is 3.07. The summed E-state index contributed by atoms with van der Waals surface area (Å²) < 4.78 is 19.7. The number of ether oxygens (including phenoxy) is 3. The van der Waals surface area contributed by atoms with Gasteiger partial charge in [0.15, 0.2) is 0 Å². The first kappa shape index (κ1) is 20.5. The lowest BCUT2D eigenvalue weighted by Crippen LogP contribution is -2.44. The van der Waals surface area contributed by atoms with Crippen molar-refractivity contribution in [3.8, 4) is 17.2 Å². The van der Waals surface area contributed by atoms with Crippen molar-refractivity contribution in [2.45, 2.75) is 45.3 Å². The number of hydrogen-bond acceptors (Lipinski definition) is 5. The van der Waals surface area contributed by atoms with E-state index < -0.39 is 5.60 Å². The van der Waals surface area contributed by atoms with Gasteiger partial charge in [0.2, 0.25) is 0 Å². The van der Waals surface area contributed by atoms with Gasteiger partial charge in [0.25, 0.3) is 0 Å². The van der Waals surface area contributed by atoms with E-state index in [9.17, 15) is 4.79 Å². The SMILES string of the molecule is COc1cc(OC2CCN(C(=O)OC(C)(C)C)CC2)ccc1-n1cnc(Br)c1. The highest BCUT2D eigenvalue weighted by molar-refractivity contribution is 9.10. The fourth-order valence-corrected chi connectivity index (χ4v) is 3.36. The second-order valence-corrected chi connectivity index (χ2v) is 8.53. The number of carbonyl (C=O) groups excluding carboxylic acids is 1. The molecule has 0 saturated carbocycles. The molecule has 0 atom stereocenters. The number of piperidine rings is 1. The normalized spacial score (nSPS) is 15.4. The van der Waals surface area contributed by atoms with Gasteiger partial charge in [0, 0.05) is 38.2 Å². The van der Waals surface area contributed by atoms with Crippen LogP contribution in [-0.2, 0) is 4.74 Å². The molecule has 1 amide bonds. The monoisotopic (exact) mass is 451 g/mol. The fraction of sp³-hybridized carbons (Fsp3) is 0.500. The number of aromatic nitrogens is 2. The van der Waals surface area contributed by atoms with E-state index in [4.69, 9.17) is 14.2 Å². The molecule has 152 valence electrons. The second kappa shape index (κ2) is 8.43. The highest BCUT2D eigenvalue weighted by atomic mass is 79.9. The van der Waals surface area contributed by atoms with Crippen molar-refractivity contribution in [1.82, 2.24) is 14.5 Å². The van der Waals surface area contributed by atoms with E-state index in [1.165, 1.54) is 0 Å². The maximum Gasteiger partial charge on any atom is 0.410 e. The van der Waals surface area contributed by atoms with Gasteiger partial charge in [-0.2, -0.15) is 0 Å². The molecule has 0 aliphatic carbocycles. The number of likely N-dealkylation sites (tertiary alicyclic amines) is 1. The first-order valence-corrected chi connectivity index (χ1v) is 10.1. The van der Waals surface area contributed by atoms with E-state index in [0.717, 1.165) is 28.9 Å². The quantitative estimate of drug-likeness (QED) is 0.687. The van der Waals surface area contributed by atoms with Crippen molar-refractivity contribution >= 4 is 22.0 Å². The van der Waals surface area contributed by atoms with Crippen LogP contribution in [0.1, 0.15) is 33.6 Å². The molecule has 0 N–H and O–H groups in total. The van der Waals surface area contributed by atoms with E-state index in [1.807, 2.05) is 49.7 Å². The highest BCUT2D eigenvalue weighted by Gasteiger charge is 2.27. The maximum absolute atomic E-state index is 12.2. The van der Waals surface area contributed by atoms with Crippen molar-refractivity contribution in [3.05, 3.63) is 35.3 Å². The van der Waals surface area contributed by atoms with Crippen molar-refractivity contribution < 1.29 is 19.0 Å². The third kappa shape index (κ3) is 5.19. The summed E-state index contributed by atoms with van der Waals surface area (Å²) in [7, 11) is 1.63. The zero-order chi connectivity index (χ0) is 20.3. The lowest BCUT2D eigenvalue weighted by molar-refractivity contribution is 0.0126. The molecular formula is C20H26BrN3O4. The number of amides is 1. The Morgan fingerprint density at radius 3 is 2.54 bits per heavy atom. The maximum atomic E-state index is 12.2. The first-order chi connectivity index (χ1) is 13.2. The van der Waals surface area contributed by atoms with Gasteiger partial charge in [0.1, 0.15) is 34.1 Å². The minimum atomic E-state index is -0.479. The Morgan fingerprint density at radius 2 is 1.96 bits per heavy atom. The van der Waals surface area contributed by atoms with Crippen LogP contribution in [0.25, 0.3) is 5.69 Å². The molecule has 2 heterocycles. The summed E-state index contributed by atoms with van der Waals surface area (Å²) in [6.45, 7) is 6.87. The minimum Gasteiger partial charge on any atom is -0.494 e. The molecule has 1 aromatic heterocycles. The van der Waals surface area contributed by atoms with Crippen LogP contribution in [0.3, 0.4) is 0 Å². The van der Waals surface area contributed by atoms with Crippen molar-refractivity contribution in [1.29, 1.82) is 0 Å². The van der Waals surface area contributed by atoms with Crippen LogP contribution in [0, 0.1) is 0 Å². The molecule has 7 nitrogen and oxygen atoms in total. The van der Waals surface area contributed by atoms with E-state index in [1.54, 1.807) is 18.3 Å². The molecule has 2 aromatic rings. The van der Waals surface area contributed by atoms with Gasteiger partial charge >= 0.3 is 6.09 Å². The predicted octanol–water partition coefficient (Wildman–Crippen LogP) is 4.42. The molecule has 8 heteroatoms. The number of methoxy groups -OCH3 is 1. The molecule has 1 aromatic carbocycles. The molecule has 3 rings (SSSR count). The van der Waals surface area contributed by atoms with Crippen molar-refractivity contribution in [2.24, 2.45) is 0 Å². The topological polar surface area (TPSA) is 65.8 Å². The molecule has 0 unspecified atom stereocenters. The minimum absolute atomic E-state index is 0.0524. The summed E-state index contributed by atoms with van der Waals surface area (Å²) in [5.74, 6) is 1.45. The van der Waals surface area contributed by atoms with Crippen LogP contribution in [0.4, 0.5) is 4.79 Å². The van der Waals surface area contributed by atoms with E-state index in [2.05, 4.69) is 20.9 Å². The molecule has 1 aliphatic rings. The first-order valence-electron chi connectivity index (χ1n) is 9.27. The molecule has 1 saturated heterocycles. The summed E-state index contributed by atoms with van der Waals surface area (Å²) >= 11 is 3.35. The van der Waals surface area contributed by atoms with Gasteiger partial charge in [-0.1, -0.05) is 0 Å². The number of carbonyl (C=O) groups is 1. The smallest absolute Gasteiger partial charge is 0.410 e. The van der Waals surface area contributed by atoms with Gasteiger partial charge in [0.05, 0.1) is 12.8 Å². The van der Waals surface area contributed by atoms with Gasteiger partial charge in [-0.3, -0.25) is 0 Å². The van der Waals surface area contributed by atoms with Crippen LogP contribution in [-0.4, -0.2) is 52.4 Å². The number of nitrogens with zero attached hydrogens (tertiary/aromatic N) is 3. The third-order valence-corrected chi connectivity index (χ3v) is 4.79. The van der Waals surface area contributed by atoms with Gasteiger partial charge in [-0.15, -0.1) is 0 Å². The van der Waals surface area contributed by atoms with Gasteiger partial charge in [-0.25, -0.2) is 9.78 Å². The summed E-state index contributed by atoms with van der Waals surface area (Å²) in [4.78, 5) is 18.1. The van der Waals surface area contributed by atoms with Crippen LogP contribution in [0.2, 0.25) is 0 Å². The van der Waals surface area contributed by atoms with E-state index >= 15 is 0 Å². The average molecular weight is 452 g/mol. The van der Waals surface area contributed by atoms with Crippen LogP contribution in [0.15, 0.2) is 35.3 Å². The zero-order valence-electron chi connectivity index (χ0n) is 16.6. The lowest BCUT2D eigenvalue weighted by atomic mass is 10.1. The molecule has 28 heavy (non-hydrogen) atoms. The summed E-state index contributed by atoms with van der Waals surface area (Å²) in [6, 6.07) is 5.74. The number of rotatable bonds is 4. The third-order valence-electron chi connectivity index (χ3n) is 4.38. The largest absolute Gasteiger partial charge is 0.494 e. The Morgan fingerprint density at radius 1 is 1.25 bits per heavy atom. The van der Waals surface area contributed by atoms with Gasteiger partial charge < -0.3 is 23.7 Å². The number of hydrogen-bond donors (Lipinski definition) is 0. The van der Waals surface area contributed by atoms with Crippen molar-refractivity contribution in [2.75, 3.05) is 20.2 Å². The standard InChI is InChI=1S/C20H26BrN3O4/c1-20(2,3)28-19(25)23-9-7-14(8-10-23)27-15-5-6-16(17(11-15)26-4)24-12-18(21)22-13-24/h5-6,11-14H,7-10H2,1-4H3. The highest BCUT2D eigenvalue weighted by Crippen LogP contribution is 2.30. The Kier molecular flexibility index (Phi) is 6.17. The van der Waals surface area contributed by atoms with E-state index in [0.29, 0.717) is 18.8 Å². The molecule has 1 aliphatic heterocycles. The Hall–Kier alpha value is -2.22. The van der Waals surface area contributed by atoms with Crippen LogP contribution >= 0.6 is 15.9 Å². The number of imidazole rings is 1. The molecule has 0 spiro atoms. The molecular weight excluding hydrogens is 426 g/mol. The van der Waals surface area contributed by atoms with Crippen LogP contribution in [0.5, 0.6) is 11.5 Å². The number of halogens is 1. The summed E-state index contributed by atoms with van der Waals surface area (Å²) in [5, 5.41) is 0. The van der Waals surface area contributed by atoms with Crippen molar-refractivity contribution in [3.63, 3.8) is 0 Å². The predicted molar refractivity (Wildman–Crippen MR) is 109 cm³/mol. The second-order valence-electron chi connectivity index (χ2n) is 7.72. The lowest BCUT2D eigenvalue weighted by Gasteiger charge is -2.33.